The molecule has 1 N–H and O–H groups in total. The highest BCUT2D eigenvalue weighted by atomic mass is 79.9. The predicted octanol–water partition coefficient (Wildman–Crippen LogP) is 4.58. The second-order valence-corrected chi connectivity index (χ2v) is 5.69. The molecule has 0 aliphatic rings. The highest BCUT2D eigenvalue weighted by molar-refractivity contribution is 9.10. The number of nitrogens with zero attached hydrogens (tertiary/aromatic N) is 1. The zero-order chi connectivity index (χ0) is 14.0. The van der Waals surface area contributed by atoms with Gasteiger partial charge in [0.25, 0.3) is 0 Å². The lowest BCUT2D eigenvalue weighted by Gasteiger charge is -2.24. The molecular weight excluding hydrogens is 302 g/mol. The number of anilines is 2. The third kappa shape index (κ3) is 3.17. The molecule has 0 radical (unpaired) electrons. The van der Waals surface area contributed by atoms with Crippen molar-refractivity contribution in [2.75, 3.05) is 11.9 Å². The molecule has 0 fully saturated rings. The fraction of sp³-hybridized carbons (Fsp3) is 0.250. The third-order valence-corrected chi connectivity index (χ3v) is 3.72. The quantitative estimate of drug-likeness (QED) is 0.895. The van der Waals surface area contributed by atoms with Crippen LogP contribution in [0.2, 0.25) is 0 Å². The largest absolute Gasteiger partial charge is 0.389 e. The minimum Gasteiger partial charge on any atom is -0.389 e. The predicted molar refractivity (Wildman–Crippen MR) is 84.0 cm³/mol. The van der Waals surface area contributed by atoms with Gasteiger partial charge in [-0.1, -0.05) is 33.6 Å². The smallest absolute Gasteiger partial charge is 0.0782 e. The number of aliphatic hydroxyl groups excluding tert-OH is 1. The molecule has 0 bridgehead atoms. The molecule has 0 aliphatic carbocycles. The Morgan fingerprint density at radius 2 is 1.74 bits per heavy atom. The summed E-state index contributed by atoms with van der Waals surface area (Å²) < 4.78 is 0.976. The summed E-state index contributed by atoms with van der Waals surface area (Å²) in [7, 11) is 2.01. The molecule has 0 spiro atoms. The Balaban J connectivity index is 2.43. The van der Waals surface area contributed by atoms with E-state index in [1.165, 1.54) is 5.56 Å². The van der Waals surface area contributed by atoms with E-state index in [9.17, 15) is 5.11 Å². The van der Waals surface area contributed by atoms with E-state index in [1.54, 1.807) is 6.92 Å². The summed E-state index contributed by atoms with van der Waals surface area (Å²) in [4.78, 5) is 2.09. The zero-order valence-corrected chi connectivity index (χ0v) is 13.0. The van der Waals surface area contributed by atoms with Crippen LogP contribution in [0, 0.1) is 6.92 Å². The molecule has 0 heterocycles. The van der Waals surface area contributed by atoms with Gasteiger partial charge in [0.15, 0.2) is 0 Å². The molecule has 1 atom stereocenters. The first-order valence-corrected chi connectivity index (χ1v) is 7.06. The van der Waals surface area contributed by atoms with Gasteiger partial charge in [-0.2, -0.15) is 0 Å². The Kier molecular flexibility index (Phi) is 4.27. The van der Waals surface area contributed by atoms with E-state index in [-0.39, 0.29) is 0 Å². The minimum atomic E-state index is -0.500. The maximum atomic E-state index is 9.92. The first kappa shape index (κ1) is 14.1. The summed E-state index contributed by atoms with van der Waals surface area (Å²) in [5.74, 6) is 0. The lowest BCUT2D eigenvalue weighted by molar-refractivity contribution is 0.199. The van der Waals surface area contributed by atoms with Crippen molar-refractivity contribution in [1.82, 2.24) is 0 Å². The van der Waals surface area contributed by atoms with Gasteiger partial charge in [-0.25, -0.2) is 0 Å². The number of benzene rings is 2. The lowest BCUT2D eigenvalue weighted by atomic mass is 10.1. The van der Waals surface area contributed by atoms with Crippen LogP contribution in [0.5, 0.6) is 0 Å². The van der Waals surface area contributed by atoms with Gasteiger partial charge in [-0.15, -0.1) is 0 Å². The van der Waals surface area contributed by atoms with Crippen LogP contribution >= 0.6 is 15.9 Å². The zero-order valence-electron chi connectivity index (χ0n) is 11.4. The Morgan fingerprint density at radius 3 is 2.32 bits per heavy atom. The second kappa shape index (κ2) is 5.76. The van der Waals surface area contributed by atoms with Gasteiger partial charge in [0.2, 0.25) is 0 Å². The van der Waals surface area contributed by atoms with Crippen molar-refractivity contribution in [1.29, 1.82) is 0 Å². The molecular formula is C16H18BrNO. The Hall–Kier alpha value is -1.32. The second-order valence-electron chi connectivity index (χ2n) is 4.77. The molecule has 0 amide bonds. The van der Waals surface area contributed by atoms with Crippen LogP contribution in [-0.4, -0.2) is 12.2 Å². The maximum absolute atomic E-state index is 9.92. The number of hydrogen-bond donors (Lipinski definition) is 1. The van der Waals surface area contributed by atoms with Crippen molar-refractivity contribution in [2.45, 2.75) is 20.0 Å². The number of hydrogen-bond acceptors (Lipinski definition) is 2. The Labute approximate surface area is 122 Å². The van der Waals surface area contributed by atoms with E-state index in [1.807, 2.05) is 25.2 Å². The number of aryl methyl sites for hydroxylation is 1. The van der Waals surface area contributed by atoms with Crippen molar-refractivity contribution < 1.29 is 5.11 Å². The van der Waals surface area contributed by atoms with Gasteiger partial charge in [0.05, 0.1) is 6.10 Å². The van der Waals surface area contributed by atoms with Gasteiger partial charge >= 0.3 is 0 Å². The SMILES string of the molecule is Cc1ccc(N(C)c2ccc(Br)cc2C(C)O)cc1. The van der Waals surface area contributed by atoms with Crippen LogP contribution in [0.25, 0.3) is 0 Å². The Morgan fingerprint density at radius 1 is 1.11 bits per heavy atom. The molecule has 2 aromatic rings. The first-order chi connectivity index (χ1) is 8.99. The van der Waals surface area contributed by atoms with Crippen LogP contribution in [0.3, 0.4) is 0 Å². The van der Waals surface area contributed by atoms with Crippen molar-refractivity contribution in [2.24, 2.45) is 0 Å². The average molecular weight is 320 g/mol. The van der Waals surface area contributed by atoms with Gasteiger partial charge < -0.3 is 10.0 Å². The van der Waals surface area contributed by atoms with E-state index in [0.29, 0.717) is 0 Å². The third-order valence-electron chi connectivity index (χ3n) is 3.22. The molecule has 2 rings (SSSR count). The summed E-state index contributed by atoms with van der Waals surface area (Å²) >= 11 is 3.45. The van der Waals surface area contributed by atoms with E-state index in [2.05, 4.69) is 52.0 Å². The van der Waals surface area contributed by atoms with E-state index >= 15 is 0 Å². The molecule has 0 aliphatic heterocycles. The molecule has 2 nitrogen and oxygen atoms in total. The summed E-state index contributed by atoms with van der Waals surface area (Å²) in [5, 5.41) is 9.92. The van der Waals surface area contributed by atoms with Gasteiger partial charge in [0.1, 0.15) is 0 Å². The molecule has 2 aromatic carbocycles. The summed E-state index contributed by atoms with van der Waals surface area (Å²) in [6.07, 6.45) is -0.500. The molecule has 0 saturated heterocycles. The average Bonchev–Trinajstić information content (AvgIpc) is 2.38. The Bertz CT molecular complexity index is 563. The van der Waals surface area contributed by atoms with Crippen molar-refractivity contribution in [3.63, 3.8) is 0 Å². The maximum Gasteiger partial charge on any atom is 0.0782 e. The van der Waals surface area contributed by atoms with E-state index in [4.69, 9.17) is 0 Å². The monoisotopic (exact) mass is 319 g/mol. The lowest BCUT2D eigenvalue weighted by Crippen LogP contribution is -2.12. The van der Waals surface area contributed by atoms with E-state index in [0.717, 1.165) is 21.4 Å². The van der Waals surface area contributed by atoms with E-state index < -0.39 is 6.10 Å². The highest BCUT2D eigenvalue weighted by Gasteiger charge is 2.13. The summed E-state index contributed by atoms with van der Waals surface area (Å²) in [6.45, 7) is 3.86. The van der Waals surface area contributed by atoms with Gasteiger partial charge in [-0.05, 0) is 44.2 Å². The van der Waals surface area contributed by atoms with Gasteiger partial charge in [0, 0.05) is 28.5 Å². The summed E-state index contributed by atoms with van der Waals surface area (Å²) in [6, 6.07) is 14.3. The van der Waals surface area contributed by atoms with Crippen LogP contribution in [0.1, 0.15) is 24.2 Å². The molecule has 3 heteroatoms. The molecule has 19 heavy (non-hydrogen) atoms. The number of aliphatic hydroxyl groups is 1. The number of halogens is 1. The number of rotatable bonds is 3. The fourth-order valence-corrected chi connectivity index (χ4v) is 2.45. The summed E-state index contributed by atoms with van der Waals surface area (Å²) in [5.41, 5.74) is 4.28. The first-order valence-electron chi connectivity index (χ1n) is 6.27. The highest BCUT2D eigenvalue weighted by Crippen LogP contribution is 2.32. The van der Waals surface area contributed by atoms with Gasteiger partial charge in [-0.3, -0.25) is 0 Å². The molecule has 100 valence electrons. The van der Waals surface area contributed by atoms with Crippen LogP contribution in [0.15, 0.2) is 46.9 Å². The topological polar surface area (TPSA) is 23.5 Å². The molecule has 1 unspecified atom stereocenters. The normalized spacial score (nSPS) is 12.3. The standard InChI is InChI=1S/C16H18BrNO/c1-11-4-7-14(8-5-11)18(3)16-9-6-13(17)10-15(16)12(2)19/h4-10,12,19H,1-3H3. The minimum absolute atomic E-state index is 0.500. The van der Waals surface area contributed by atoms with Crippen LogP contribution in [-0.2, 0) is 0 Å². The molecule has 0 aromatic heterocycles. The van der Waals surface area contributed by atoms with Crippen molar-refractivity contribution in [3.8, 4) is 0 Å². The molecule has 0 saturated carbocycles. The van der Waals surface area contributed by atoms with Crippen molar-refractivity contribution in [3.05, 3.63) is 58.1 Å². The fourth-order valence-electron chi connectivity index (χ4n) is 2.07. The van der Waals surface area contributed by atoms with Crippen molar-refractivity contribution >= 4 is 27.3 Å². The van der Waals surface area contributed by atoms with Crippen LogP contribution in [0.4, 0.5) is 11.4 Å². The van der Waals surface area contributed by atoms with Crippen LogP contribution < -0.4 is 4.90 Å².